The van der Waals surface area contributed by atoms with Crippen molar-refractivity contribution in [3.05, 3.63) is 60.2 Å². The molecule has 4 heteroatoms. The summed E-state index contributed by atoms with van der Waals surface area (Å²) in [7, 11) is 0. The molecule has 0 unspecified atom stereocenters. The molecule has 0 bridgehead atoms. The summed E-state index contributed by atoms with van der Waals surface area (Å²) in [5, 5.41) is 3.19. The van der Waals surface area contributed by atoms with Crippen LogP contribution in [0.15, 0.2) is 54.6 Å². The third-order valence-electron chi connectivity index (χ3n) is 7.00. The number of piperidine rings is 1. The number of ether oxygens (including phenoxy) is 1. The molecule has 1 heterocycles. The zero-order valence-electron chi connectivity index (χ0n) is 18.8. The molecule has 4 nitrogen and oxygen atoms in total. The van der Waals surface area contributed by atoms with E-state index in [1.165, 1.54) is 32.4 Å². The van der Waals surface area contributed by atoms with Gasteiger partial charge in [0.1, 0.15) is 12.4 Å². The maximum atomic E-state index is 13.4. The monoisotopic (exact) mass is 420 g/mol. The van der Waals surface area contributed by atoms with Gasteiger partial charge in [-0.3, -0.25) is 9.69 Å². The van der Waals surface area contributed by atoms with Gasteiger partial charge in [0.15, 0.2) is 0 Å². The van der Waals surface area contributed by atoms with Gasteiger partial charge in [-0.2, -0.15) is 0 Å². The highest BCUT2D eigenvalue weighted by molar-refractivity contribution is 5.99. The second kappa shape index (κ2) is 10.3. The highest BCUT2D eigenvalue weighted by Gasteiger charge is 2.40. The van der Waals surface area contributed by atoms with Crippen LogP contribution in [-0.4, -0.2) is 37.0 Å². The molecule has 1 atom stereocenters. The standard InChI is InChI=1S/C27H36N2O2/c1-22-9-8-18-29(21-22)19-20-31-25-14-12-24(13-15-25)28-26(30)27(16-6-3-7-17-27)23-10-4-2-5-11-23/h2,4-5,10-15,22H,3,6-9,16-21H2,1H3,(H,28,30)/t22-/m0/s1. The Hall–Kier alpha value is -2.33. The summed E-state index contributed by atoms with van der Waals surface area (Å²) >= 11 is 0. The van der Waals surface area contributed by atoms with Gasteiger partial charge in [-0.25, -0.2) is 0 Å². The van der Waals surface area contributed by atoms with Crippen molar-refractivity contribution in [2.45, 2.75) is 57.3 Å². The minimum Gasteiger partial charge on any atom is -0.492 e. The Balaban J connectivity index is 1.34. The van der Waals surface area contributed by atoms with Crippen LogP contribution in [0.4, 0.5) is 5.69 Å². The van der Waals surface area contributed by atoms with Gasteiger partial charge in [-0.05, 0) is 68.0 Å². The third kappa shape index (κ3) is 5.48. The highest BCUT2D eigenvalue weighted by atomic mass is 16.5. The Labute approximate surface area is 187 Å². The van der Waals surface area contributed by atoms with E-state index in [9.17, 15) is 4.79 Å². The van der Waals surface area contributed by atoms with E-state index >= 15 is 0 Å². The van der Waals surface area contributed by atoms with Crippen LogP contribution in [-0.2, 0) is 10.2 Å². The van der Waals surface area contributed by atoms with Crippen molar-refractivity contribution in [2.75, 3.05) is 31.6 Å². The van der Waals surface area contributed by atoms with E-state index in [2.05, 4.69) is 29.3 Å². The van der Waals surface area contributed by atoms with E-state index in [0.29, 0.717) is 6.61 Å². The average molecular weight is 421 g/mol. The zero-order chi connectivity index (χ0) is 21.5. The van der Waals surface area contributed by atoms with Crippen molar-refractivity contribution in [2.24, 2.45) is 5.92 Å². The van der Waals surface area contributed by atoms with Crippen LogP contribution in [0.3, 0.4) is 0 Å². The van der Waals surface area contributed by atoms with Gasteiger partial charge in [0.05, 0.1) is 5.41 Å². The fourth-order valence-corrected chi connectivity index (χ4v) is 5.23. The van der Waals surface area contributed by atoms with E-state index in [1.807, 2.05) is 42.5 Å². The van der Waals surface area contributed by atoms with Crippen LogP contribution in [0, 0.1) is 5.92 Å². The summed E-state index contributed by atoms with van der Waals surface area (Å²) in [5.74, 6) is 1.77. The molecule has 166 valence electrons. The molecule has 1 aliphatic carbocycles. The lowest BCUT2D eigenvalue weighted by atomic mass is 9.68. The lowest BCUT2D eigenvalue weighted by Crippen LogP contribution is -2.42. The van der Waals surface area contributed by atoms with Crippen molar-refractivity contribution in [3.8, 4) is 5.75 Å². The smallest absolute Gasteiger partial charge is 0.235 e. The first-order valence-corrected chi connectivity index (χ1v) is 12.0. The van der Waals surface area contributed by atoms with Crippen LogP contribution >= 0.6 is 0 Å². The largest absolute Gasteiger partial charge is 0.492 e. The number of rotatable bonds is 7. The fourth-order valence-electron chi connectivity index (χ4n) is 5.23. The number of amides is 1. The summed E-state index contributed by atoms with van der Waals surface area (Å²) in [6, 6.07) is 18.1. The van der Waals surface area contributed by atoms with E-state index in [-0.39, 0.29) is 5.91 Å². The number of hydrogen-bond donors (Lipinski definition) is 1. The van der Waals surface area contributed by atoms with Crippen LogP contribution in [0.5, 0.6) is 5.75 Å². The fraction of sp³-hybridized carbons (Fsp3) is 0.519. The Bertz CT molecular complexity index is 828. The van der Waals surface area contributed by atoms with Gasteiger partial charge < -0.3 is 10.1 Å². The van der Waals surface area contributed by atoms with Crippen LogP contribution < -0.4 is 10.1 Å². The molecule has 1 N–H and O–H groups in total. The molecule has 0 radical (unpaired) electrons. The minimum absolute atomic E-state index is 0.117. The van der Waals surface area contributed by atoms with E-state index in [1.54, 1.807) is 0 Å². The number of anilines is 1. The Kier molecular flexibility index (Phi) is 7.29. The first-order chi connectivity index (χ1) is 15.2. The predicted octanol–water partition coefficient (Wildman–Crippen LogP) is 5.64. The van der Waals surface area contributed by atoms with E-state index in [4.69, 9.17) is 4.74 Å². The van der Waals surface area contributed by atoms with Gasteiger partial charge in [0.2, 0.25) is 5.91 Å². The van der Waals surface area contributed by atoms with Gasteiger partial charge in [0, 0.05) is 18.8 Å². The molecule has 31 heavy (non-hydrogen) atoms. The molecular weight excluding hydrogens is 384 g/mol. The minimum atomic E-state index is -0.416. The molecule has 1 saturated heterocycles. The number of benzene rings is 2. The Morgan fingerprint density at radius 1 is 1.03 bits per heavy atom. The molecule has 2 aromatic carbocycles. The number of likely N-dealkylation sites (tertiary alicyclic amines) is 1. The summed E-state index contributed by atoms with van der Waals surface area (Å²) in [6.07, 6.45) is 7.88. The van der Waals surface area contributed by atoms with E-state index in [0.717, 1.165) is 55.1 Å². The molecule has 1 saturated carbocycles. The number of carbonyl (C=O) groups excluding carboxylic acids is 1. The molecule has 1 amide bonds. The molecule has 4 rings (SSSR count). The second-order valence-corrected chi connectivity index (χ2v) is 9.38. The third-order valence-corrected chi connectivity index (χ3v) is 7.00. The van der Waals surface area contributed by atoms with Gasteiger partial charge in [-0.1, -0.05) is 56.5 Å². The zero-order valence-corrected chi connectivity index (χ0v) is 18.8. The van der Waals surface area contributed by atoms with Crippen molar-refractivity contribution in [3.63, 3.8) is 0 Å². The Morgan fingerprint density at radius 2 is 1.77 bits per heavy atom. The number of carbonyl (C=O) groups is 1. The number of nitrogens with zero attached hydrogens (tertiary/aromatic N) is 1. The first-order valence-electron chi connectivity index (χ1n) is 12.0. The average Bonchev–Trinajstić information content (AvgIpc) is 2.81. The molecule has 0 spiro atoms. The SMILES string of the molecule is C[C@H]1CCCN(CCOc2ccc(NC(=O)C3(c4ccccc4)CCCCC3)cc2)C1. The van der Waals surface area contributed by atoms with Gasteiger partial charge in [-0.15, -0.1) is 0 Å². The van der Waals surface area contributed by atoms with Crippen LogP contribution in [0.25, 0.3) is 0 Å². The normalized spacial score (nSPS) is 21.4. The summed E-state index contributed by atoms with van der Waals surface area (Å²) in [6.45, 7) is 6.37. The highest BCUT2D eigenvalue weighted by Crippen LogP contribution is 2.40. The molecule has 1 aliphatic heterocycles. The topological polar surface area (TPSA) is 41.6 Å². The summed E-state index contributed by atoms with van der Waals surface area (Å²) in [4.78, 5) is 15.9. The molecule has 2 fully saturated rings. The Morgan fingerprint density at radius 3 is 2.48 bits per heavy atom. The lowest BCUT2D eigenvalue weighted by molar-refractivity contribution is -0.122. The van der Waals surface area contributed by atoms with Gasteiger partial charge in [0.25, 0.3) is 0 Å². The molecule has 2 aromatic rings. The van der Waals surface area contributed by atoms with Crippen molar-refractivity contribution >= 4 is 11.6 Å². The number of hydrogen-bond acceptors (Lipinski definition) is 3. The van der Waals surface area contributed by atoms with Gasteiger partial charge >= 0.3 is 0 Å². The molecular formula is C27H36N2O2. The lowest BCUT2D eigenvalue weighted by Gasteiger charge is -2.36. The molecule has 0 aromatic heterocycles. The quantitative estimate of drug-likeness (QED) is 0.630. The summed E-state index contributed by atoms with van der Waals surface area (Å²) < 4.78 is 5.96. The first kappa shape index (κ1) is 21.9. The van der Waals surface area contributed by atoms with Crippen molar-refractivity contribution in [1.82, 2.24) is 4.90 Å². The number of nitrogens with one attached hydrogen (secondary N) is 1. The maximum Gasteiger partial charge on any atom is 0.235 e. The molecule has 2 aliphatic rings. The van der Waals surface area contributed by atoms with Crippen molar-refractivity contribution in [1.29, 1.82) is 0 Å². The van der Waals surface area contributed by atoms with Crippen LogP contribution in [0.1, 0.15) is 57.4 Å². The van der Waals surface area contributed by atoms with Crippen LogP contribution in [0.2, 0.25) is 0 Å². The predicted molar refractivity (Wildman–Crippen MR) is 127 cm³/mol. The van der Waals surface area contributed by atoms with Crippen molar-refractivity contribution < 1.29 is 9.53 Å². The summed E-state index contributed by atoms with van der Waals surface area (Å²) in [5.41, 5.74) is 1.56. The maximum absolute atomic E-state index is 13.4. The second-order valence-electron chi connectivity index (χ2n) is 9.38. The van der Waals surface area contributed by atoms with E-state index < -0.39 is 5.41 Å².